The summed E-state index contributed by atoms with van der Waals surface area (Å²) in [6, 6.07) is 7.79. The number of ether oxygens (including phenoxy) is 1. The lowest BCUT2D eigenvalue weighted by Crippen LogP contribution is -2.46. The first-order valence-corrected chi connectivity index (χ1v) is 8.21. The third-order valence-corrected chi connectivity index (χ3v) is 4.61. The quantitative estimate of drug-likeness (QED) is 0.879. The number of nitrogens with one attached hydrogen (secondary N) is 1. The number of fused-ring (bicyclic) bond motifs is 1. The predicted octanol–water partition coefficient (Wildman–Crippen LogP) is 2.11. The Hall–Kier alpha value is -2.34. The third-order valence-electron chi connectivity index (χ3n) is 4.61. The molecule has 0 aliphatic carbocycles. The second kappa shape index (κ2) is 7.05. The van der Waals surface area contributed by atoms with Gasteiger partial charge in [0, 0.05) is 35.9 Å². The minimum absolute atomic E-state index is 0.0622. The Morgan fingerprint density at radius 3 is 2.71 bits per heavy atom. The van der Waals surface area contributed by atoms with Gasteiger partial charge in [0.25, 0.3) is 0 Å². The van der Waals surface area contributed by atoms with E-state index in [1.807, 2.05) is 31.2 Å². The predicted molar refractivity (Wildman–Crippen MR) is 89.9 cm³/mol. The van der Waals surface area contributed by atoms with Crippen LogP contribution < -0.4 is 0 Å². The Labute approximate surface area is 140 Å². The van der Waals surface area contributed by atoms with Crippen LogP contribution in [0, 0.1) is 6.92 Å². The van der Waals surface area contributed by atoms with Gasteiger partial charge in [-0.15, -0.1) is 0 Å². The summed E-state index contributed by atoms with van der Waals surface area (Å²) >= 11 is 0. The van der Waals surface area contributed by atoms with Crippen LogP contribution in [-0.4, -0.2) is 52.7 Å². The van der Waals surface area contributed by atoms with Crippen molar-refractivity contribution in [2.75, 3.05) is 19.8 Å². The van der Waals surface area contributed by atoms with Gasteiger partial charge >= 0.3 is 5.97 Å². The lowest BCUT2D eigenvalue weighted by Gasteiger charge is -2.33. The summed E-state index contributed by atoms with van der Waals surface area (Å²) < 4.78 is 5.33. The van der Waals surface area contributed by atoms with Crippen molar-refractivity contribution >= 4 is 22.8 Å². The minimum atomic E-state index is -0.981. The molecule has 2 aromatic rings. The molecule has 0 saturated carbocycles. The van der Waals surface area contributed by atoms with Crippen LogP contribution in [0.25, 0.3) is 10.9 Å². The largest absolute Gasteiger partial charge is 0.480 e. The van der Waals surface area contributed by atoms with E-state index in [1.54, 1.807) is 0 Å². The van der Waals surface area contributed by atoms with Gasteiger partial charge in [0.1, 0.15) is 6.54 Å². The average molecular weight is 330 g/mol. The molecule has 1 aromatic carbocycles. The van der Waals surface area contributed by atoms with Gasteiger partial charge < -0.3 is 19.7 Å². The van der Waals surface area contributed by atoms with Crippen LogP contribution in [0.2, 0.25) is 0 Å². The maximum atomic E-state index is 12.8. The molecule has 6 nitrogen and oxygen atoms in total. The highest BCUT2D eigenvalue weighted by atomic mass is 16.5. The van der Waals surface area contributed by atoms with E-state index in [1.165, 1.54) is 4.90 Å². The van der Waals surface area contributed by atoms with Gasteiger partial charge in [0.05, 0.1) is 6.42 Å². The number of amides is 1. The van der Waals surface area contributed by atoms with Crippen molar-refractivity contribution in [3.63, 3.8) is 0 Å². The number of rotatable bonds is 5. The molecular formula is C18H22N2O4. The topological polar surface area (TPSA) is 82.6 Å². The molecule has 128 valence electrons. The molecule has 0 unspecified atom stereocenters. The van der Waals surface area contributed by atoms with E-state index in [4.69, 9.17) is 4.74 Å². The monoisotopic (exact) mass is 330 g/mol. The van der Waals surface area contributed by atoms with Gasteiger partial charge in [-0.05, 0) is 31.4 Å². The Kier molecular flexibility index (Phi) is 4.85. The fourth-order valence-corrected chi connectivity index (χ4v) is 3.38. The summed E-state index contributed by atoms with van der Waals surface area (Å²) in [5.41, 5.74) is 2.89. The van der Waals surface area contributed by atoms with Crippen LogP contribution in [0.4, 0.5) is 0 Å². The zero-order valence-corrected chi connectivity index (χ0v) is 13.7. The number of carbonyl (C=O) groups excluding carboxylic acids is 1. The van der Waals surface area contributed by atoms with Crippen molar-refractivity contribution in [1.29, 1.82) is 0 Å². The second-order valence-electron chi connectivity index (χ2n) is 6.21. The number of aliphatic carboxylic acids is 1. The summed E-state index contributed by atoms with van der Waals surface area (Å²) in [6.45, 7) is 2.82. The first-order chi connectivity index (χ1) is 11.6. The fraction of sp³-hybridized carbons (Fsp3) is 0.444. The Morgan fingerprint density at radius 2 is 2.00 bits per heavy atom. The maximum Gasteiger partial charge on any atom is 0.323 e. The third kappa shape index (κ3) is 3.43. The number of hydrogen-bond acceptors (Lipinski definition) is 3. The number of aryl methyl sites for hydroxylation is 1. The highest BCUT2D eigenvalue weighted by Gasteiger charge is 2.28. The number of carbonyl (C=O) groups is 2. The van der Waals surface area contributed by atoms with E-state index in [0.717, 1.165) is 22.2 Å². The lowest BCUT2D eigenvalue weighted by molar-refractivity contribution is -0.147. The fourth-order valence-electron chi connectivity index (χ4n) is 3.38. The number of nitrogens with zero attached hydrogens (tertiary/aromatic N) is 1. The summed E-state index contributed by atoms with van der Waals surface area (Å²) in [6.07, 6.45) is 1.58. The number of benzene rings is 1. The smallest absolute Gasteiger partial charge is 0.323 e. The minimum Gasteiger partial charge on any atom is -0.480 e. The molecule has 0 bridgehead atoms. The van der Waals surface area contributed by atoms with Gasteiger partial charge in [0.2, 0.25) is 5.91 Å². The zero-order chi connectivity index (χ0) is 17.1. The summed E-state index contributed by atoms with van der Waals surface area (Å²) in [4.78, 5) is 28.8. The van der Waals surface area contributed by atoms with Crippen LogP contribution in [0.1, 0.15) is 24.1 Å². The van der Waals surface area contributed by atoms with Crippen molar-refractivity contribution < 1.29 is 19.4 Å². The lowest BCUT2D eigenvalue weighted by atomic mass is 10.0. The maximum absolute atomic E-state index is 12.8. The number of H-pyrrole nitrogens is 1. The van der Waals surface area contributed by atoms with Crippen LogP contribution in [0.15, 0.2) is 24.3 Å². The first kappa shape index (κ1) is 16.5. The number of para-hydroxylation sites is 1. The molecule has 1 aliphatic rings. The molecule has 2 N–H and O–H groups in total. The van der Waals surface area contributed by atoms with Crippen molar-refractivity contribution in [1.82, 2.24) is 9.88 Å². The number of aromatic amines is 1. The molecule has 1 aliphatic heterocycles. The number of aromatic nitrogens is 1. The Morgan fingerprint density at radius 1 is 1.29 bits per heavy atom. The van der Waals surface area contributed by atoms with Crippen LogP contribution in [0.5, 0.6) is 0 Å². The normalized spacial score (nSPS) is 15.5. The molecule has 2 heterocycles. The van der Waals surface area contributed by atoms with E-state index in [9.17, 15) is 14.7 Å². The highest BCUT2D eigenvalue weighted by Crippen LogP contribution is 2.24. The zero-order valence-electron chi connectivity index (χ0n) is 13.7. The van der Waals surface area contributed by atoms with Gasteiger partial charge in [-0.2, -0.15) is 0 Å². The van der Waals surface area contributed by atoms with E-state index in [2.05, 4.69) is 4.98 Å². The van der Waals surface area contributed by atoms with Gasteiger partial charge in [-0.1, -0.05) is 18.2 Å². The Bertz CT molecular complexity index is 747. The molecule has 0 radical (unpaired) electrons. The molecule has 1 amide bonds. The van der Waals surface area contributed by atoms with Crippen LogP contribution >= 0.6 is 0 Å². The summed E-state index contributed by atoms with van der Waals surface area (Å²) in [7, 11) is 0. The van der Waals surface area contributed by atoms with Crippen molar-refractivity contribution in [2.45, 2.75) is 32.2 Å². The van der Waals surface area contributed by atoms with Crippen molar-refractivity contribution in [2.24, 2.45) is 0 Å². The molecule has 1 fully saturated rings. The molecule has 24 heavy (non-hydrogen) atoms. The van der Waals surface area contributed by atoms with E-state index < -0.39 is 5.97 Å². The molecule has 1 saturated heterocycles. The van der Waals surface area contributed by atoms with Crippen LogP contribution in [-0.2, 0) is 20.7 Å². The van der Waals surface area contributed by atoms with E-state index >= 15 is 0 Å². The van der Waals surface area contributed by atoms with Crippen molar-refractivity contribution in [3.05, 3.63) is 35.5 Å². The van der Waals surface area contributed by atoms with Crippen LogP contribution in [0.3, 0.4) is 0 Å². The summed E-state index contributed by atoms with van der Waals surface area (Å²) in [5.74, 6) is -1.12. The van der Waals surface area contributed by atoms with Crippen molar-refractivity contribution in [3.8, 4) is 0 Å². The van der Waals surface area contributed by atoms with E-state index in [0.29, 0.717) is 26.1 Å². The molecule has 0 atom stereocenters. The molecular weight excluding hydrogens is 308 g/mol. The van der Waals surface area contributed by atoms with Gasteiger partial charge in [0.15, 0.2) is 0 Å². The number of carboxylic acids is 1. The highest BCUT2D eigenvalue weighted by molar-refractivity contribution is 5.91. The molecule has 3 rings (SSSR count). The van der Waals surface area contributed by atoms with E-state index in [-0.39, 0.29) is 24.9 Å². The summed E-state index contributed by atoms with van der Waals surface area (Å²) in [5, 5.41) is 10.2. The Balaban J connectivity index is 1.83. The average Bonchev–Trinajstić information content (AvgIpc) is 2.89. The second-order valence-corrected chi connectivity index (χ2v) is 6.21. The first-order valence-electron chi connectivity index (χ1n) is 8.21. The molecule has 1 aromatic heterocycles. The number of hydrogen-bond donors (Lipinski definition) is 2. The molecule has 6 heteroatoms. The van der Waals surface area contributed by atoms with Gasteiger partial charge in [-0.25, -0.2) is 0 Å². The van der Waals surface area contributed by atoms with Gasteiger partial charge in [-0.3, -0.25) is 9.59 Å². The SMILES string of the molecule is Cc1[nH]c2ccccc2c1CC(=O)N(CC(=O)O)C1CCOCC1. The number of carboxylic acid groups (broad SMARTS) is 1. The standard InChI is InChI=1S/C18H22N2O4/c1-12-15(14-4-2-3-5-16(14)19-12)10-17(21)20(11-18(22)23)13-6-8-24-9-7-13/h2-5,13,19H,6-11H2,1H3,(H,22,23). The molecule has 0 spiro atoms.